The van der Waals surface area contributed by atoms with Gasteiger partial charge in [0.1, 0.15) is 11.6 Å². The van der Waals surface area contributed by atoms with Gasteiger partial charge in [-0.1, -0.05) is 23.2 Å². The lowest BCUT2D eigenvalue weighted by atomic mass is 10.2. The summed E-state index contributed by atoms with van der Waals surface area (Å²) in [6, 6.07) is 6.03. The number of rotatable bonds is 2. The van der Waals surface area contributed by atoms with Crippen molar-refractivity contribution in [2.75, 3.05) is 11.1 Å². The molecule has 0 aliphatic rings. The summed E-state index contributed by atoms with van der Waals surface area (Å²) in [6.45, 7) is 1.79. The van der Waals surface area contributed by atoms with Crippen molar-refractivity contribution in [1.82, 2.24) is 4.98 Å². The molecule has 0 amide bonds. The van der Waals surface area contributed by atoms with Gasteiger partial charge in [-0.3, -0.25) is 0 Å². The van der Waals surface area contributed by atoms with E-state index in [4.69, 9.17) is 28.9 Å². The van der Waals surface area contributed by atoms with Crippen LogP contribution in [0.4, 0.5) is 21.7 Å². The third-order valence-corrected chi connectivity index (χ3v) is 2.85. The summed E-state index contributed by atoms with van der Waals surface area (Å²) in [5.74, 6) is 0.163. The van der Waals surface area contributed by atoms with Crippen molar-refractivity contribution in [1.29, 1.82) is 0 Å². The Morgan fingerprint density at radius 2 is 1.89 bits per heavy atom. The normalized spacial score (nSPS) is 10.4. The van der Waals surface area contributed by atoms with Crippen LogP contribution < -0.4 is 11.1 Å². The number of nitrogen functional groups attached to an aromatic ring is 1. The first-order valence-electron chi connectivity index (χ1n) is 5.11. The Kier molecular flexibility index (Phi) is 3.59. The summed E-state index contributed by atoms with van der Waals surface area (Å²) < 4.78 is 13.2. The summed E-state index contributed by atoms with van der Waals surface area (Å²) in [7, 11) is 0. The predicted octanol–water partition coefficient (Wildman–Crippen LogP) is 4.16. The molecule has 3 nitrogen and oxygen atoms in total. The van der Waals surface area contributed by atoms with Crippen LogP contribution in [0, 0.1) is 12.7 Å². The maximum atomic E-state index is 13.2. The van der Waals surface area contributed by atoms with Crippen LogP contribution in [-0.2, 0) is 0 Å². The fourth-order valence-corrected chi connectivity index (χ4v) is 1.92. The minimum atomic E-state index is -0.337. The molecule has 0 spiro atoms. The van der Waals surface area contributed by atoms with E-state index in [1.165, 1.54) is 18.2 Å². The molecule has 0 aliphatic carbocycles. The van der Waals surface area contributed by atoms with Crippen molar-refractivity contribution in [3.63, 3.8) is 0 Å². The number of aryl methyl sites for hydroxylation is 1. The SMILES string of the molecule is Cc1cc(F)cc(Nc2nc(N)c(Cl)cc2Cl)c1. The number of nitrogens with two attached hydrogens (primary N) is 1. The van der Waals surface area contributed by atoms with E-state index in [0.29, 0.717) is 16.5 Å². The molecular formula is C12H10Cl2FN3. The quantitative estimate of drug-likeness (QED) is 0.871. The molecule has 2 rings (SSSR count). The van der Waals surface area contributed by atoms with Crippen LogP contribution in [0.15, 0.2) is 24.3 Å². The van der Waals surface area contributed by atoms with Crippen LogP contribution in [0.2, 0.25) is 10.0 Å². The molecule has 18 heavy (non-hydrogen) atoms. The number of hydrogen-bond acceptors (Lipinski definition) is 3. The number of hydrogen-bond donors (Lipinski definition) is 2. The van der Waals surface area contributed by atoms with Gasteiger partial charge >= 0.3 is 0 Å². The molecule has 0 atom stereocenters. The number of nitrogens with one attached hydrogen (secondary N) is 1. The van der Waals surface area contributed by atoms with Gasteiger partial charge in [0, 0.05) is 5.69 Å². The number of anilines is 3. The molecule has 0 fully saturated rings. The minimum absolute atomic E-state index is 0.164. The fraction of sp³-hybridized carbons (Fsp3) is 0.0833. The monoisotopic (exact) mass is 285 g/mol. The van der Waals surface area contributed by atoms with Crippen LogP contribution in [-0.4, -0.2) is 4.98 Å². The Bertz CT molecular complexity index is 582. The highest BCUT2D eigenvalue weighted by Gasteiger charge is 2.08. The van der Waals surface area contributed by atoms with E-state index >= 15 is 0 Å². The Morgan fingerprint density at radius 1 is 1.17 bits per heavy atom. The Morgan fingerprint density at radius 3 is 2.56 bits per heavy atom. The van der Waals surface area contributed by atoms with Gasteiger partial charge in [0.05, 0.1) is 10.0 Å². The van der Waals surface area contributed by atoms with Crippen molar-refractivity contribution < 1.29 is 4.39 Å². The minimum Gasteiger partial charge on any atom is -0.382 e. The molecule has 3 N–H and O–H groups in total. The first-order chi connectivity index (χ1) is 8.45. The third-order valence-electron chi connectivity index (χ3n) is 2.26. The second kappa shape index (κ2) is 5.00. The highest BCUT2D eigenvalue weighted by atomic mass is 35.5. The van der Waals surface area contributed by atoms with Crippen LogP contribution in [0.5, 0.6) is 0 Å². The lowest BCUT2D eigenvalue weighted by Gasteiger charge is -2.10. The van der Waals surface area contributed by atoms with E-state index in [1.54, 1.807) is 13.0 Å². The van der Waals surface area contributed by atoms with Gasteiger partial charge < -0.3 is 11.1 Å². The molecule has 1 heterocycles. The molecule has 0 aliphatic heterocycles. The van der Waals surface area contributed by atoms with Crippen LogP contribution >= 0.6 is 23.2 Å². The molecule has 0 saturated heterocycles. The van der Waals surface area contributed by atoms with Crippen LogP contribution in [0.1, 0.15) is 5.56 Å². The summed E-state index contributed by atoms with van der Waals surface area (Å²) in [5.41, 5.74) is 6.92. The Balaban J connectivity index is 2.36. The first-order valence-corrected chi connectivity index (χ1v) is 5.87. The fourth-order valence-electron chi connectivity index (χ4n) is 1.51. The first kappa shape index (κ1) is 12.9. The Labute approximate surface area is 114 Å². The van der Waals surface area contributed by atoms with Crippen molar-refractivity contribution in [2.45, 2.75) is 6.92 Å². The van der Waals surface area contributed by atoms with Gasteiger partial charge in [-0.2, -0.15) is 0 Å². The second-order valence-corrected chi connectivity index (χ2v) is 4.64. The molecule has 6 heteroatoms. The molecule has 1 aromatic carbocycles. The van der Waals surface area contributed by atoms with E-state index in [2.05, 4.69) is 10.3 Å². The number of benzene rings is 1. The van der Waals surface area contributed by atoms with Gasteiger partial charge in [0.2, 0.25) is 0 Å². The summed E-state index contributed by atoms with van der Waals surface area (Å²) in [5, 5.41) is 3.49. The average Bonchev–Trinajstić information content (AvgIpc) is 2.24. The van der Waals surface area contributed by atoms with Crippen molar-refractivity contribution in [2.24, 2.45) is 0 Å². The van der Waals surface area contributed by atoms with Crippen molar-refractivity contribution in [3.8, 4) is 0 Å². The maximum Gasteiger partial charge on any atom is 0.151 e. The highest BCUT2D eigenvalue weighted by Crippen LogP contribution is 2.29. The van der Waals surface area contributed by atoms with Crippen LogP contribution in [0.25, 0.3) is 0 Å². The molecule has 2 aromatic rings. The molecular weight excluding hydrogens is 276 g/mol. The second-order valence-electron chi connectivity index (χ2n) is 3.83. The smallest absolute Gasteiger partial charge is 0.151 e. The lowest BCUT2D eigenvalue weighted by Crippen LogP contribution is -1.99. The molecule has 94 valence electrons. The summed E-state index contributed by atoms with van der Waals surface area (Å²) >= 11 is 11.8. The van der Waals surface area contributed by atoms with E-state index in [9.17, 15) is 4.39 Å². The third kappa shape index (κ3) is 2.83. The van der Waals surface area contributed by atoms with E-state index in [1.807, 2.05) is 0 Å². The predicted molar refractivity (Wildman–Crippen MR) is 73.1 cm³/mol. The topological polar surface area (TPSA) is 50.9 Å². The van der Waals surface area contributed by atoms with Crippen LogP contribution in [0.3, 0.4) is 0 Å². The molecule has 0 bridgehead atoms. The number of halogens is 3. The van der Waals surface area contributed by atoms with Crippen molar-refractivity contribution in [3.05, 3.63) is 45.7 Å². The maximum absolute atomic E-state index is 13.2. The highest BCUT2D eigenvalue weighted by molar-refractivity contribution is 6.37. The van der Waals surface area contributed by atoms with Gasteiger partial charge in [-0.25, -0.2) is 9.37 Å². The summed E-state index contributed by atoms with van der Waals surface area (Å²) in [6.07, 6.45) is 0. The van der Waals surface area contributed by atoms with Gasteiger partial charge in [-0.15, -0.1) is 0 Å². The van der Waals surface area contributed by atoms with Gasteiger partial charge in [0.25, 0.3) is 0 Å². The molecule has 0 radical (unpaired) electrons. The number of nitrogens with zero attached hydrogens (tertiary/aromatic N) is 1. The van der Waals surface area contributed by atoms with Crippen molar-refractivity contribution >= 4 is 40.5 Å². The lowest BCUT2D eigenvalue weighted by molar-refractivity contribution is 0.627. The zero-order valence-electron chi connectivity index (χ0n) is 9.47. The van der Waals surface area contributed by atoms with Gasteiger partial charge in [-0.05, 0) is 36.8 Å². The number of aromatic nitrogens is 1. The zero-order valence-corrected chi connectivity index (χ0v) is 11.0. The standard InChI is InChI=1S/C12H10Cl2FN3/c1-6-2-7(15)4-8(3-6)17-12-10(14)5-9(13)11(16)18-12/h2-5H,1H3,(H3,16,17,18). The van der Waals surface area contributed by atoms with E-state index in [-0.39, 0.29) is 16.7 Å². The molecule has 0 unspecified atom stereocenters. The van der Waals surface area contributed by atoms with E-state index in [0.717, 1.165) is 5.56 Å². The zero-order chi connectivity index (χ0) is 13.3. The Hall–Kier alpha value is -1.52. The molecule has 0 saturated carbocycles. The van der Waals surface area contributed by atoms with Gasteiger partial charge in [0.15, 0.2) is 5.82 Å². The van der Waals surface area contributed by atoms with E-state index < -0.39 is 0 Å². The largest absolute Gasteiger partial charge is 0.382 e. The average molecular weight is 286 g/mol. The number of pyridine rings is 1. The molecule has 1 aromatic heterocycles. The summed E-state index contributed by atoms with van der Waals surface area (Å²) in [4.78, 5) is 4.01.